The molecule has 0 bridgehead atoms. The molecule has 1 N–H and O–H groups in total. The lowest BCUT2D eigenvalue weighted by Crippen LogP contribution is -2.60. The highest BCUT2D eigenvalue weighted by atomic mass is 32.1. The molecule has 5 nitrogen and oxygen atoms in total. The maximum absolute atomic E-state index is 12.7. The van der Waals surface area contributed by atoms with Crippen LogP contribution < -0.4 is 10.2 Å². The highest BCUT2D eigenvalue weighted by molar-refractivity contribution is 7.80. The minimum absolute atomic E-state index is 0.0537. The van der Waals surface area contributed by atoms with Gasteiger partial charge in [0.2, 0.25) is 5.91 Å². The Kier molecular flexibility index (Phi) is 6.72. The lowest BCUT2D eigenvalue weighted by Gasteiger charge is -2.45. The number of thiocarbonyl (C=S) groups is 1. The average Bonchev–Trinajstić information content (AvgIpc) is 2.65. The number of hydrogen-bond acceptors (Lipinski definition) is 3. The van der Waals surface area contributed by atoms with Gasteiger partial charge >= 0.3 is 0 Å². The van der Waals surface area contributed by atoms with Crippen LogP contribution in [0.3, 0.4) is 0 Å². The second kappa shape index (κ2) is 8.90. The van der Waals surface area contributed by atoms with E-state index in [9.17, 15) is 4.79 Å². The van der Waals surface area contributed by atoms with Crippen LogP contribution in [0.25, 0.3) is 0 Å². The minimum atomic E-state index is 0.0537. The Morgan fingerprint density at radius 1 is 1.21 bits per heavy atom. The van der Waals surface area contributed by atoms with Crippen molar-refractivity contribution in [2.45, 2.75) is 65.5 Å². The Morgan fingerprint density at radius 2 is 1.90 bits per heavy atom. The fourth-order valence-electron chi connectivity index (χ4n) is 4.60. The maximum atomic E-state index is 12.7. The van der Waals surface area contributed by atoms with Gasteiger partial charge in [0, 0.05) is 56.4 Å². The number of rotatable bonds is 5. The molecule has 0 saturated carbocycles. The molecule has 1 amide bonds. The van der Waals surface area contributed by atoms with Crippen LogP contribution in [0.2, 0.25) is 0 Å². The molecule has 2 aliphatic rings. The van der Waals surface area contributed by atoms with E-state index in [0.717, 1.165) is 50.7 Å². The third-order valence-electron chi connectivity index (χ3n) is 6.17. The number of nitrogens with one attached hydrogen (secondary N) is 1. The molecule has 0 aliphatic carbocycles. The number of hydrogen-bond donors (Lipinski definition) is 1. The lowest BCUT2D eigenvalue weighted by molar-refractivity contribution is -0.131. The van der Waals surface area contributed by atoms with Crippen molar-refractivity contribution in [3.05, 3.63) is 29.3 Å². The van der Waals surface area contributed by atoms with Crippen LogP contribution in [-0.4, -0.2) is 65.1 Å². The summed E-state index contributed by atoms with van der Waals surface area (Å²) >= 11 is 5.55. The smallest absolute Gasteiger partial charge is 0.222 e. The van der Waals surface area contributed by atoms with E-state index in [2.05, 4.69) is 67.9 Å². The molecule has 0 aromatic heterocycles. The number of aryl methyl sites for hydroxylation is 2. The number of carbonyl (C=O) groups is 1. The first-order valence-corrected chi connectivity index (χ1v) is 11.3. The summed E-state index contributed by atoms with van der Waals surface area (Å²) < 4.78 is 0. The van der Waals surface area contributed by atoms with E-state index >= 15 is 0 Å². The van der Waals surface area contributed by atoms with E-state index in [1.807, 2.05) is 4.90 Å². The van der Waals surface area contributed by atoms with Crippen molar-refractivity contribution in [1.29, 1.82) is 0 Å². The molecule has 2 saturated heterocycles. The summed E-state index contributed by atoms with van der Waals surface area (Å²) in [6.07, 6.45) is 2.50. The van der Waals surface area contributed by atoms with Gasteiger partial charge in [-0.25, -0.2) is 0 Å². The highest BCUT2D eigenvalue weighted by Gasteiger charge is 2.32. The number of amides is 1. The summed E-state index contributed by atoms with van der Waals surface area (Å²) in [5.41, 5.74) is 3.95. The van der Waals surface area contributed by atoms with Crippen LogP contribution in [0.15, 0.2) is 18.2 Å². The van der Waals surface area contributed by atoms with E-state index in [4.69, 9.17) is 12.2 Å². The second-order valence-corrected chi connectivity index (χ2v) is 9.71. The highest BCUT2D eigenvalue weighted by Crippen LogP contribution is 2.24. The predicted molar refractivity (Wildman–Crippen MR) is 125 cm³/mol. The van der Waals surface area contributed by atoms with Gasteiger partial charge in [0.1, 0.15) is 0 Å². The topological polar surface area (TPSA) is 38.8 Å². The van der Waals surface area contributed by atoms with Crippen molar-refractivity contribution in [3.8, 4) is 0 Å². The lowest BCUT2D eigenvalue weighted by atomic mass is 9.93. The van der Waals surface area contributed by atoms with Crippen LogP contribution in [0.4, 0.5) is 5.69 Å². The molecule has 2 fully saturated rings. The molecule has 2 aliphatic heterocycles. The summed E-state index contributed by atoms with van der Waals surface area (Å²) in [6.45, 7) is 15.2. The first kappa shape index (κ1) is 21.9. The third-order valence-corrected chi connectivity index (χ3v) is 6.51. The van der Waals surface area contributed by atoms with Gasteiger partial charge in [0.05, 0.1) is 0 Å². The van der Waals surface area contributed by atoms with Crippen molar-refractivity contribution in [1.82, 2.24) is 15.1 Å². The van der Waals surface area contributed by atoms with Crippen LogP contribution in [-0.2, 0) is 4.79 Å². The van der Waals surface area contributed by atoms with Gasteiger partial charge < -0.3 is 20.0 Å². The summed E-state index contributed by atoms with van der Waals surface area (Å²) in [4.78, 5) is 19.4. The summed E-state index contributed by atoms with van der Waals surface area (Å²) in [5.74, 6) is 0.273. The molecular formula is C23H36N4OS. The van der Waals surface area contributed by atoms with Crippen LogP contribution >= 0.6 is 12.2 Å². The molecule has 0 radical (unpaired) electrons. The predicted octanol–water partition coefficient (Wildman–Crippen LogP) is 3.48. The first-order valence-electron chi connectivity index (χ1n) is 10.8. The zero-order chi connectivity index (χ0) is 21.2. The van der Waals surface area contributed by atoms with Gasteiger partial charge in [-0.1, -0.05) is 12.1 Å². The molecule has 6 heteroatoms. The summed E-state index contributed by atoms with van der Waals surface area (Å²) in [7, 11) is 0. The van der Waals surface area contributed by atoms with Crippen molar-refractivity contribution < 1.29 is 4.79 Å². The van der Waals surface area contributed by atoms with Gasteiger partial charge in [-0.3, -0.25) is 4.79 Å². The molecule has 160 valence electrons. The summed E-state index contributed by atoms with van der Waals surface area (Å²) in [5, 5.41) is 4.25. The van der Waals surface area contributed by atoms with E-state index in [0.29, 0.717) is 12.5 Å². The largest absolute Gasteiger partial charge is 0.368 e. The van der Waals surface area contributed by atoms with E-state index in [1.165, 1.54) is 16.8 Å². The van der Waals surface area contributed by atoms with Gasteiger partial charge in [-0.15, -0.1) is 0 Å². The van der Waals surface area contributed by atoms with Crippen LogP contribution in [0.5, 0.6) is 0 Å². The van der Waals surface area contributed by atoms with Gasteiger partial charge in [-0.05, 0) is 76.9 Å². The molecule has 0 spiro atoms. The second-order valence-electron chi connectivity index (χ2n) is 9.32. The standard InChI is InChI=1S/C23H36N4OS/c1-17-8-9-18(2)20(15-17)25-11-13-26(14-12-25)21(28)7-6-10-27-19(3)16-23(4,5)24-22(27)29/h8-9,15,19H,6-7,10-14,16H2,1-5H3,(H,24,29)/t19-/m0/s1. The molecule has 3 rings (SSSR count). The van der Waals surface area contributed by atoms with E-state index in [-0.39, 0.29) is 11.4 Å². The van der Waals surface area contributed by atoms with Gasteiger partial charge in [0.25, 0.3) is 0 Å². The van der Waals surface area contributed by atoms with Crippen molar-refractivity contribution in [2.75, 3.05) is 37.6 Å². The quantitative estimate of drug-likeness (QED) is 0.744. The van der Waals surface area contributed by atoms with Crippen LogP contribution in [0, 0.1) is 13.8 Å². The van der Waals surface area contributed by atoms with Crippen LogP contribution in [0.1, 0.15) is 51.2 Å². The SMILES string of the molecule is Cc1ccc(C)c(N2CCN(C(=O)CCCN3C(=S)NC(C)(C)C[C@@H]3C)CC2)c1. The third kappa shape index (κ3) is 5.41. The number of carbonyl (C=O) groups excluding carboxylic acids is 1. The zero-order valence-corrected chi connectivity index (χ0v) is 19.4. The monoisotopic (exact) mass is 416 g/mol. The maximum Gasteiger partial charge on any atom is 0.222 e. The Morgan fingerprint density at radius 3 is 2.55 bits per heavy atom. The van der Waals surface area contributed by atoms with Gasteiger partial charge in [-0.2, -0.15) is 0 Å². The summed E-state index contributed by atoms with van der Waals surface area (Å²) in [6, 6.07) is 7.01. The van der Waals surface area contributed by atoms with Crippen molar-refractivity contribution in [2.24, 2.45) is 0 Å². The Balaban J connectivity index is 1.44. The fraction of sp³-hybridized carbons (Fsp3) is 0.652. The van der Waals surface area contributed by atoms with E-state index < -0.39 is 0 Å². The minimum Gasteiger partial charge on any atom is -0.368 e. The van der Waals surface area contributed by atoms with Gasteiger partial charge in [0.15, 0.2) is 5.11 Å². The average molecular weight is 417 g/mol. The fourth-order valence-corrected chi connectivity index (χ4v) is 5.15. The molecule has 1 aromatic carbocycles. The normalized spacial score (nSPS) is 21.9. The number of piperazine rings is 1. The number of benzene rings is 1. The Hall–Kier alpha value is -1.82. The first-order chi connectivity index (χ1) is 13.7. The molecule has 29 heavy (non-hydrogen) atoms. The molecular weight excluding hydrogens is 380 g/mol. The molecule has 1 atom stereocenters. The molecule has 2 heterocycles. The molecule has 0 unspecified atom stereocenters. The van der Waals surface area contributed by atoms with E-state index in [1.54, 1.807) is 0 Å². The molecule has 1 aromatic rings. The Bertz CT molecular complexity index is 755. The van der Waals surface area contributed by atoms with Crippen molar-refractivity contribution in [3.63, 3.8) is 0 Å². The van der Waals surface area contributed by atoms with Crippen molar-refractivity contribution >= 4 is 28.9 Å². The number of anilines is 1. The zero-order valence-electron chi connectivity index (χ0n) is 18.6. The number of nitrogens with zero attached hydrogens (tertiary/aromatic N) is 3. The Labute approximate surface area is 181 Å².